The second kappa shape index (κ2) is 6.56. The van der Waals surface area contributed by atoms with Gasteiger partial charge in [-0.2, -0.15) is 4.98 Å². The molecule has 0 saturated carbocycles. The fourth-order valence-corrected chi connectivity index (χ4v) is 2.18. The maximum Gasteiger partial charge on any atom is 0.240 e. The van der Waals surface area contributed by atoms with Crippen molar-refractivity contribution in [1.29, 1.82) is 0 Å². The first kappa shape index (κ1) is 13.1. The Bertz CT molecular complexity index is 481. The van der Waals surface area contributed by atoms with Crippen molar-refractivity contribution in [3.63, 3.8) is 0 Å². The minimum atomic E-state index is 0.638. The summed E-state index contributed by atoms with van der Waals surface area (Å²) in [5.41, 5.74) is 1.27. The summed E-state index contributed by atoms with van der Waals surface area (Å²) in [6, 6.07) is 8.43. The van der Waals surface area contributed by atoms with Crippen LogP contribution in [0.5, 0.6) is 0 Å². The highest BCUT2D eigenvalue weighted by atomic mass is 32.2. The number of aryl methyl sites for hydroxylation is 1. The molecular weight excluding hydrogens is 246 g/mol. The van der Waals surface area contributed by atoms with Gasteiger partial charge in [0.15, 0.2) is 5.82 Å². The zero-order valence-corrected chi connectivity index (χ0v) is 11.5. The third-order valence-electron chi connectivity index (χ3n) is 2.43. The molecule has 0 atom stereocenters. The SMILES string of the molecule is CCNCc1nc(CSc2ccc(C)cc2)no1. The first-order chi connectivity index (χ1) is 8.78. The zero-order valence-electron chi connectivity index (χ0n) is 10.6. The molecule has 96 valence electrons. The molecule has 2 rings (SSSR count). The van der Waals surface area contributed by atoms with Gasteiger partial charge in [-0.25, -0.2) is 0 Å². The molecule has 0 aliphatic rings. The number of thioether (sulfide) groups is 1. The Morgan fingerprint density at radius 1 is 1.28 bits per heavy atom. The van der Waals surface area contributed by atoms with E-state index in [0.29, 0.717) is 12.4 Å². The van der Waals surface area contributed by atoms with E-state index >= 15 is 0 Å². The summed E-state index contributed by atoms with van der Waals surface area (Å²) in [6.45, 7) is 5.67. The number of nitrogens with zero attached hydrogens (tertiary/aromatic N) is 2. The largest absolute Gasteiger partial charge is 0.338 e. The molecular formula is C13H17N3OS. The number of nitrogens with one attached hydrogen (secondary N) is 1. The molecule has 5 heteroatoms. The fourth-order valence-electron chi connectivity index (χ4n) is 1.43. The third kappa shape index (κ3) is 3.85. The standard InChI is InChI=1S/C13H17N3OS/c1-3-14-8-13-15-12(16-17-13)9-18-11-6-4-10(2)5-7-11/h4-7,14H,3,8-9H2,1-2H3. The van der Waals surface area contributed by atoms with Crippen LogP contribution in [0.25, 0.3) is 0 Å². The van der Waals surface area contributed by atoms with Crippen LogP contribution in [-0.2, 0) is 12.3 Å². The summed E-state index contributed by atoms with van der Waals surface area (Å²) < 4.78 is 5.14. The van der Waals surface area contributed by atoms with Gasteiger partial charge < -0.3 is 9.84 Å². The van der Waals surface area contributed by atoms with Gasteiger partial charge in [0.25, 0.3) is 0 Å². The topological polar surface area (TPSA) is 51.0 Å². The highest BCUT2D eigenvalue weighted by molar-refractivity contribution is 7.98. The van der Waals surface area contributed by atoms with Crippen LogP contribution in [0.4, 0.5) is 0 Å². The van der Waals surface area contributed by atoms with E-state index in [1.165, 1.54) is 10.5 Å². The number of hydrogen-bond acceptors (Lipinski definition) is 5. The van der Waals surface area contributed by atoms with E-state index in [9.17, 15) is 0 Å². The van der Waals surface area contributed by atoms with E-state index in [-0.39, 0.29) is 0 Å². The van der Waals surface area contributed by atoms with Crippen LogP contribution in [-0.4, -0.2) is 16.7 Å². The summed E-state index contributed by atoms with van der Waals surface area (Å²) in [7, 11) is 0. The summed E-state index contributed by atoms with van der Waals surface area (Å²) in [6.07, 6.45) is 0. The Morgan fingerprint density at radius 2 is 2.06 bits per heavy atom. The molecule has 0 aliphatic heterocycles. The van der Waals surface area contributed by atoms with Crippen molar-refractivity contribution < 1.29 is 4.52 Å². The van der Waals surface area contributed by atoms with Gasteiger partial charge in [-0.3, -0.25) is 0 Å². The van der Waals surface area contributed by atoms with Crippen LogP contribution in [0.1, 0.15) is 24.2 Å². The van der Waals surface area contributed by atoms with E-state index in [1.54, 1.807) is 11.8 Å². The monoisotopic (exact) mass is 263 g/mol. The van der Waals surface area contributed by atoms with Crippen LogP contribution in [0.2, 0.25) is 0 Å². The summed E-state index contributed by atoms with van der Waals surface area (Å²) in [5, 5.41) is 7.11. The lowest BCUT2D eigenvalue weighted by atomic mass is 10.2. The van der Waals surface area contributed by atoms with Crippen LogP contribution in [0, 0.1) is 6.92 Å². The maximum absolute atomic E-state index is 5.14. The van der Waals surface area contributed by atoms with Crippen molar-refractivity contribution in [2.75, 3.05) is 6.54 Å². The zero-order chi connectivity index (χ0) is 12.8. The Kier molecular flexibility index (Phi) is 4.78. The lowest BCUT2D eigenvalue weighted by Crippen LogP contribution is -2.11. The summed E-state index contributed by atoms with van der Waals surface area (Å²) in [4.78, 5) is 5.54. The lowest BCUT2D eigenvalue weighted by molar-refractivity contribution is 0.365. The average molecular weight is 263 g/mol. The molecule has 0 radical (unpaired) electrons. The molecule has 0 fully saturated rings. The summed E-state index contributed by atoms with van der Waals surface area (Å²) in [5.74, 6) is 2.13. The van der Waals surface area contributed by atoms with Crippen molar-refractivity contribution in [1.82, 2.24) is 15.5 Å². The first-order valence-corrected chi connectivity index (χ1v) is 6.98. The van der Waals surface area contributed by atoms with Crippen molar-refractivity contribution in [2.24, 2.45) is 0 Å². The van der Waals surface area contributed by atoms with Crippen molar-refractivity contribution in [2.45, 2.75) is 31.0 Å². The number of hydrogen-bond donors (Lipinski definition) is 1. The molecule has 0 amide bonds. The Labute approximate surface area is 111 Å². The molecule has 2 aromatic rings. The second-order valence-corrected chi connectivity index (χ2v) is 5.04. The lowest BCUT2D eigenvalue weighted by Gasteiger charge is -1.98. The van der Waals surface area contributed by atoms with Crippen molar-refractivity contribution >= 4 is 11.8 Å². The van der Waals surface area contributed by atoms with Crippen LogP contribution in [0.3, 0.4) is 0 Å². The summed E-state index contributed by atoms with van der Waals surface area (Å²) >= 11 is 1.71. The van der Waals surface area contributed by atoms with E-state index in [0.717, 1.165) is 18.1 Å². The smallest absolute Gasteiger partial charge is 0.240 e. The highest BCUT2D eigenvalue weighted by Gasteiger charge is 2.06. The van der Waals surface area contributed by atoms with Crippen molar-refractivity contribution in [3.05, 3.63) is 41.5 Å². The molecule has 1 N–H and O–H groups in total. The van der Waals surface area contributed by atoms with Gasteiger partial charge in [0, 0.05) is 4.90 Å². The van der Waals surface area contributed by atoms with Gasteiger partial charge in [-0.1, -0.05) is 29.8 Å². The second-order valence-electron chi connectivity index (χ2n) is 3.99. The molecule has 1 aromatic heterocycles. The van der Waals surface area contributed by atoms with Gasteiger partial charge in [-0.05, 0) is 25.6 Å². The molecule has 18 heavy (non-hydrogen) atoms. The van der Waals surface area contributed by atoms with Crippen LogP contribution >= 0.6 is 11.8 Å². The molecule has 0 unspecified atom stereocenters. The Morgan fingerprint density at radius 3 is 2.78 bits per heavy atom. The number of rotatable bonds is 6. The van der Waals surface area contributed by atoms with E-state index in [2.05, 4.69) is 46.6 Å². The van der Waals surface area contributed by atoms with Gasteiger partial charge >= 0.3 is 0 Å². The molecule has 0 saturated heterocycles. The average Bonchev–Trinajstić information content (AvgIpc) is 2.84. The number of benzene rings is 1. The molecule has 4 nitrogen and oxygen atoms in total. The van der Waals surface area contributed by atoms with E-state index in [1.807, 2.05) is 6.92 Å². The predicted octanol–water partition coefficient (Wildman–Crippen LogP) is 2.78. The molecule has 0 aliphatic carbocycles. The minimum absolute atomic E-state index is 0.638. The normalized spacial score (nSPS) is 10.8. The highest BCUT2D eigenvalue weighted by Crippen LogP contribution is 2.21. The van der Waals surface area contributed by atoms with Gasteiger partial charge in [0.1, 0.15) is 0 Å². The molecule has 1 heterocycles. The fraction of sp³-hybridized carbons (Fsp3) is 0.385. The maximum atomic E-state index is 5.14. The third-order valence-corrected chi connectivity index (χ3v) is 3.43. The number of aromatic nitrogens is 2. The van der Waals surface area contributed by atoms with Crippen molar-refractivity contribution in [3.8, 4) is 0 Å². The van der Waals surface area contributed by atoms with Crippen LogP contribution in [0.15, 0.2) is 33.7 Å². The van der Waals surface area contributed by atoms with Gasteiger partial charge in [0.05, 0.1) is 12.3 Å². The van der Waals surface area contributed by atoms with Crippen LogP contribution < -0.4 is 5.32 Å². The predicted molar refractivity (Wildman–Crippen MR) is 72.4 cm³/mol. The quantitative estimate of drug-likeness (QED) is 0.812. The molecule has 0 spiro atoms. The van der Waals surface area contributed by atoms with E-state index < -0.39 is 0 Å². The van der Waals surface area contributed by atoms with E-state index in [4.69, 9.17) is 4.52 Å². The molecule has 0 bridgehead atoms. The van der Waals surface area contributed by atoms with Gasteiger partial charge in [0.2, 0.25) is 5.89 Å². The molecule has 1 aromatic carbocycles. The Balaban J connectivity index is 1.86. The Hall–Kier alpha value is -1.33. The van der Waals surface area contributed by atoms with Gasteiger partial charge in [-0.15, -0.1) is 11.8 Å². The minimum Gasteiger partial charge on any atom is -0.338 e. The first-order valence-electron chi connectivity index (χ1n) is 5.99.